The first-order valence-corrected chi connectivity index (χ1v) is 8.45. The molecule has 0 saturated carbocycles. The Balaban J connectivity index is 2.61. The predicted octanol–water partition coefficient (Wildman–Crippen LogP) is 4.45. The van der Waals surface area contributed by atoms with Crippen LogP contribution in [0.2, 0.25) is 0 Å². The summed E-state index contributed by atoms with van der Waals surface area (Å²) in [6.45, 7) is 8.68. The van der Waals surface area contributed by atoms with Crippen molar-refractivity contribution in [3.63, 3.8) is 0 Å². The van der Waals surface area contributed by atoms with E-state index in [0.717, 1.165) is 5.69 Å². The molecule has 1 rings (SSSR count). The molecule has 0 aliphatic heterocycles. The molecule has 0 aliphatic rings. The highest BCUT2D eigenvalue weighted by atomic mass is 31.2. The average molecular weight is 285 g/mol. The van der Waals surface area contributed by atoms with E-state index in [9.17, 15) is 4.57 Å². The van der Waals surface area contributed by atoms with Crippen molar-refractivity contribution in [1.82, 2.24) is 0 Å². The second-order valence-electron chi connectivity index (χ2n) is 4.56. The smallest absolute Gasteiger partial charge is 0.349 e. The highest BCUT2D eigenvalue weighted by Crippen LogP contribution is 2.47. The van der Waals surface area contributed by atoms with Crippen molar-refractivity contribution in [3.8, 4) is 0 Å². The fourth-order valence-corrected chi connectivity index (χ4v) is 3.12. The Morgan fingerprint density at radius 3 is 2.05 bits per heavy atom. The van der Waals surface area contributed by atoms with Gasteiger partial charge in [0, 0.05) is 5.69 Å². The minimum absolute atomic E-state index is 0.190. The van der Waals surface area contributed by atoms with Gasteiger partial charge in [0.15, 0.2) is 0 Å². The second-order valence-corrected chi connectivity index (χ2v) is 6.61. The van der Waals surface area contributed by atoms with Crippen LogP contribution < -0.4 is 5.32 Å². The molecule has 0 aromatic heterocycles. The summed E-state index contributed by atoms with van der Waals surface area (Å²) >= 11 is 0. The van der Waals surface area contributed by atoms with Gasteiger partial charge in [-0.15, -0.1) is 0 Å². The number of nitrogens with one attached hydrogen (secondary N) is 1. The van der Waals surface area contributed by atoms with Gasteiger partial charge in [0.25, 0.3) is 0 Å². The first kappa shape index (κ1) is 16.2. The van der Waals surface area contributed by atoms with E-state index in [1.54, 1.807) is 0 Å². The number of rotatable bonds is 8. The molecule has 0 atom stereocenters. The Bertz CT molecular complexity index is 407. The SMILES string of the molecule is CCOP(=O)(CNc1ccc(C(C)C)cc1)OCC. The molecule has 1 aromatic carbocycles. The number of hydrogen-bond acceptors (Lipinski definition) is 4. The van der Waals surface area contributed by atoms with Crippen LogP contribution in [0.3, 0.4) is 0 Å². The quantitative estimate of drug-likeness (QED) is 0.717. The molecule has 1 aromatic rings. The lowest BCUT2D eigenvalue weighted by atomic mass is 10.0. The van der Waals surface area contributed by atoms with Gasteiger partial charge < -0.3 is 14.4 Å². The van der Waals surface area contributed by atoms with E-state index in [1.807, 2.05) is 26.0 Å². The van der Waals surface area contributed by atoms with E-state index in [4.69, 9.17) is 9.05 Å². The molecule has 108 valence electrons. The summed E-state index contributed by atoms with van der Waals surface area (Å²) in [7, 11) is -3.03. The van der Waals surface area contributed by atoms with Gasteiger partial charge in [0.05, 0.1) is 13.2 Å². The number of hydrogen-bond donors (Lipinski definition) is 1. The fraction of sp³-hybridized carbons (Fsp3) is 0.571. The second kappa shape index (κ2) is 7.68. The average Bonchev–Trinajstić information content (AvgIpc) is 2.37. The van der Waals surface area contributed by atoms with Crippen LogP contribution in [0.25, 0.3) is 0 Å². The van der Waals surface area contributed by atoms with Crippen molar-refractivity contribution >= 4 is 13.3 Å². The molecule has 0 unspecified atom stereocenters. The van der Waals surface area contributed by atoms with Crippen LogP contribution >= 0.6 is 7.60 Å². The van der Waals surface area contributed by atoms with Gasteiger partial charge in [-0.3, -0.25) is 4.57 Å². The monoisotopic (exact) mass is 285 g/mol. The first-order valence-electron chi connectivity index (χ1n) is 6.72. The lowest BCUT2D eigenvalue weighted by molar-refractivity contribution is 0.221. The van der Waals surface area contributed by atoms with Crippen LogP contribution in [-0.4, -0.2) is 19.5 Å². The van der Waals surface area contributed by atoms with Gasteiger partial charge in [-0.05, 0) is 37.5 Å². The maximum absolute atomic E-state index is 12.3. The van der Waals surface area contributed by atoms with Crippen molar-refractivity contribution < 1.29 is 13.6 Å². The van der Waals surface area contributed by atoms with Gasteiger partial charge in [-0.1, -0.05) is 26.0 Å². The van der Waals surface area contributed by atoms with Crippen molar-refractivity contribution in [2.75, 3.05) is 24.8 Å². The first-order chi connectivity index (χ1) is 9.00. The molecule has 0 bridgehead atoms. The molecule has 0 saturated heterocycles. The standard InChI is InChI=1S/C14H24NO3P/c1-5-17-19(16,18-6-2)11-15-14-9-7-13(8-10-14)12(3)4/h7-10,12,15H,5-6,11H2,1-4H3. The third kappa shape index (κ3) is 5.35. The van der Waals surface area contributed by atoms with Crippen LogP contribution in [0.15, 0.2) is 24.3 Å². The molecule has 0 aliphatic carbocycles. The van der Waals surface area contributed by atoms with Crippen LogP contribution in [0.5, 0.6) is 0 Å². The lowest BCUT2D eigenvalue weighted by Crippen LogP contribution is -2.08. The molecule has 1 N–H and O–H groups in total. The predicted molar refractivity (Wildman–Crippen MR) is 79.9 cm³/mol. The van der Waals surface area contributed by atoms with Gasteiger partial charge in [-0.25, -0.2) is 0 Å². The zero-order valence-corrected chi connectivity index (χ0v) is 13.1. The van der Waals surface area contributed by atoms with Crippen LogP contribution in [0.1, 0.15) is 39.2 Å². The molecule has 0 fully saturated rings. The maximum Gasteiger partial charge on any atom is 0.349 e. The third-order valence-corrected chi connectivity index (χ3v) is 4.55. The largest absolute Gasteiger partial charge is 0.374 e. The zero-order chi connectivity index (χ0) is 14.3. The molecule has 5 heteroatoms. The van der Waals surface area contributed by atoms with E-state index in [-0.39, 0.29) is 6.29 Å². The summed E-state index contributed by atoms with van der Waals surface area (Å²) < 4.78 is 22.7. The maximum atomic E-state index is 12.3. The van der Waals surface area contributed by atoms with Crippen molar-refractivity contribution in [3.05, 3.63) is 29.8 Å². The van der Waals surface area contributed by atoms with Gasteiger partial charge >= 0.3 is 7.60 Å². The molecule has 0 heterocycles. The summed E-state index contributed by atoms with van der Waals surface area (Å²) in [4.78, 5) is 0. The molecule has 4 nitrogen and oxygen atoms in total. The zero-order valence-electron chi connectivity index (χ0n) is 12.2. The third-order valence-electron chi connectivity index (χ3n) is 2.71. The fourth-order valence-electron chi connectivity index (χ4n) is 1.70. The molecule has 19 heavy (non-hydrogen) atoms. The molecule has 0 radical (unpaired) electrons. The van der Waals surface area contributed by atoms with E-state index >= 15 is 0 Å². The van der Waals surface area contributed by atoms with Crippen LogP contribution in [0, 0.1) is 0 Å². The number of benzene rings is 1. The summed E-state index contributed by atoms with van der Waals surface area (Å²) in [6.07, 6.45) is 0.190. The van der Waals surface area contributed by atoms with Gasteiger partial charge in [0.2, 0.25) is 0 Å². The van der Waals surface area contributed by atoms with Gasteiger partial charge in [0.1, 0.15) is 6.29 Å². The van der Waals surface area contributed by atoms with Crippen molar-refractivity contribution in [1.29, 1.82) is 0 Å². The summed E-state index contributed by atoms with van der Waals surface area (Å²) in [5.74, 6) is 0.506. The topological polar surface area (TPSA) is 47.6 Å². The summed E-state index contributed by atoms with van der Waals surface area (Å²) in [6, 6.07) is 8.10. The molecular weight excluding hydrogens is 261 g/mol. The molecule has 0 spiro atoms. The lowest BCUT2D eigenvalue weighted by Gasteiger charge is -2.18. The Hall–Kier alpha value is -0.830. The van der Waals surface area contributed by atoms with Gasteiger partial charge in [-0.2, -0.15) is 0 Å². The Morgan fingerprint density at radius 1 is 1.11 bits per heavy atom. The van der Waals surface area contributed by atoms with Crippen LogP contribution in [-0.2, 0) is 13.6 Å². The highest BCUT2D eigenvalue weighted by Gasteiger charge is 2.22. The Morgan fingerprint density at radius 2 is 1.63 bits per heavy atom. The molecule has 0 amide bonds. The minimum Gasteiger partial charge on any atom is -0.374 e. The van der Waals surface area contributed by atoms with Crippen LogP contribution in [0.4, 0.5) is 5.69 Å². The van der Waals surface area contributed by atoms with E-state index in [0.29, 0.717) is 19.1 Å². The van der Waals surface area contributed by atoms with E-state index in [2.05, 4.69) is 31.3 Å². The molecular formula is C14H24NO3P. The Kier molecular flexibility index (Phi) is 6.56. The van der Waals surface area contributed by atoms with E-state index in [1.165, 1.54) is 5.56 Å². The van der Waals surface area contributed by atoms with Crippen molar-refractivity contribution in [2.24, 2.45) is 0 Å². The normalized spacial score (nSPS) is 11.8. The number of anilines is 1. The summed E-state index contributed by atoms with van der Waals surface area (Å²) in [5, 5.41) is 3.11. The summed E-state index contributed by atoms with van der Waals surface area (Å²) in [5.41, 5.74) is 2.20. The minimum atomic E-state index is -3.03. The Labute approximate surface area is 116 Å². The van der Waals surface area contributed by atoms with Crippen molar-refractivity contribution in [2.45, 2.75) is 33.6 Å². The van der Waals surface area contributed by atoms with E-state index < -0.39 is 7.60 Å². The highest BCUT2D eigenvalue weighted by molar-refractivity contribution is 7.53.